The monoisotopic (exact) mass is 402 g/mol. The number of para-hydroxylation sites is 1. The van der Waals surface area contributed by atoms with E-state index < -0.39 is 0 Å². The molecule has 0 radical (unpaired) electrons. The summed E-state index contributed by atoms with van der Waals surface area (Å²) < 4.78 is 1.80. The van der Waals surface area contributed by atoms with Gasteiger partial charge in [-0.1, -0.05) is 35.9 Å². The van der Waals surface area contributed by atoms with E-state index in [4.69, 9.17) is 0 Å². The van der Waals surface area contributed by atoms with Crippen LogP contribution in [0.4, 0.5) is 0 Å². The van der Waals surface area contributed by atoms with E-state index in [1.807, 2.05) is 67.7 Å². The predicted molar refractivity (Wildman–Crippen MR) is 115 cm³/mol. The first-order valence-electron chi connectivity index (χ1n) is 10.3. The van der Waals surface area contributed by atoms with Crippen molar-refractivity contribution in [1.29, 1.82) is 0 Å². The van der Waals surface area contributed by atoms with E-state index in [1.54, 1.807) is 15.8 Å². The molecule has 1 unspecified atom stereocenters. The van der Waals surface area contributed by atoms with Gasteiger partial charge in [-0.2, -0.15) is 5.10 Å². The summed E-state index contributed by atoms with van der Waals surface area (Å²) in [5.74, 6) is -0.196. The third kappa shape index (κ3) is 4.59. The van der Waals surface area contributed by atoms with Crippen LogP contribution >= 0.6 is 0 Å². The molecule has 0 bridgehead atoms. The zero-order valence-corrected chi connectivity index (χ0v) is 17.1. The smallest absolute Gasteiger partial charge is 0.253 e. The Hall–Kier alpha value is -3.41. The van der Waals surface area contributed by atoms with Crippen molar-refractivity contribution in [3.8, 4) is 5.69 Å². The lowest BCUT2D eigenvalue weighted by Crippen LogP contribution is -2.45. The predicted octanol–water partition coefficient (Wildman–Crippen LogP) is 3.35. The topological polar surface area (TPSA) is 67.2 Å². The summed E-state index contributed by atoms with van der Waals surface area (Å²) in [6, 6.07) is 17.4. The molecule has 6 nitrogen and oxygen atoms in total. The summed E-state index contributed by atoms with van der Waals surface area (Å²) in [4.78, 5) is 27.3. The van der Waals surface area contributed by atoms with E-state index in [9.17, 15) is 9.59 Å². The third-order valence-corrected chi connectivity index (χ3v) is 5.50. The van der Waals surface area contributed by atoms with Gasteiger partial charge in [0.15, 0.2) is 0 Å². The number of hydrogen-bond donors (Lipinski definition) is 1. The number of hydrogen-bond acceptors (Lipinski definition) is 3. The minimum absolute atomic E-state index is 0.00311. The zero-order chi connectivity index (χ0) is 20.9. The van der Waals surface area contributed by atoms with E-state index in [-0.39, 0.29) is 17.7 Å². The van der Waals surface area contributed by atoms with E-state index in [2.05, 4.69) is 10.4 Å². The maximum Gasteiger partial charge on any atom is 0.253 e. The third-order valence-electron chi connectivity index (χ3n) is 5.50. The Kier molecular flexibility index (Phi) is 5.93. The molecule has 1 aliphatic heterocycles. The van der Waals surface area contributed by atoms with Gasteiger partial charge in [0.05, 0.1) is 17.8 Å². The Morgan fingerprint density at radius 2 is 1.87 bits per heavy atom. The first kappa shape index (κ1) is 19.9. The molecule has 1 N–H and O–H groups in total. The Morgan fingerprint density at radius 3 is 2.63 bits per heavy atom. The van der Waals surface area contributed by atoms with Crippen LogP contribution < -0.4 is 5.32 Å². The van der Waals surface area contributed by atoms with Crippen molar-refractivity contribution in [2.45, 2.75) is 26.3 Å². The quantitative estimate of drug-likeness (QED) is 0.712. The highest BCUT2D eigenvalue weighted by Crippen LogP contribution is 2.19. The molecular formula is C24H26N4O2. The fourth-order valence-electron chi connectivity index (χ4n) is 3.76. The second-order valence-corrected chi connectivity index (χ2v) is 7.80. The van der Waals surface area contributed by atoms with Crippen LogP contribution in [0.2, 0.25) is 0 Å². The SMILES string of the molecule is Cc1ccc(C(=O)N2CCCC(C(=O)NCc3cnn(-c4ccccc4)c3)C2)cc1. The Morgan fingerprint density at radius 1 is 1.10 bits per heavy atom. The van der Waals surface area contributed by atoms with E-state index in [0.717, 1.165) is 29.7 Å². The molecule has 6 heteroatoms. The average Bonchev–Trinajstić information content (AvgIpc) is 3.27. The first-order chi connectivity index (χ1) is 14.6. The van der Waals surface area contributed by atoms with Gasteiger partial charge in [-0.05, 0) is 44.0 Å². The number of piperidine rings is 1. The van der Waals surface area contributed by atoms with Crippen molar-refractivity contribution in [3.63, 3.8) is 0 Å². The van der Waals surface area contributed by atoms with Gasteiger partial charge in [0.25, 0.3) is 5.91 Å². The Labute approximate surface area is 176 Å². The molecule has 0 aliphatic carbocycles. The molecule has 4 rings (SSSR count). The summed E-state index contributed by atoms with van der Waals surface area (Å²) in [5.41, 5.74) is 3.72. The molecule has 2 amide bonds. The fourth-order valence-corrected chi connectivity index (χ4v) is 3.76. The minimum Gasteiger partial charge on any atom is -0.352 e. The van der Waals surface area contributed by atoms with Gasteiger partial charge in [0, 0.05) is 37.0 Å². The normalized spacial score (nSPS) is 16.3. The van der Waals surface area contributed by atoms with Gasteiger partial charge in [-0.3, -0.25) is 9.59 Å². The maximum atomic E-state index is 12.8. The molecule has 1 atom stereocenters. The van der Waals surface area contributed by atoms with Gasteiger partial charge in [-0.15, -0.1) is 0 Å². The van der Waals surface area contributed by atoms with E-state index >= 15 is 0 Å². The van der Waals surface area contributed by atoms with Gasteiger partial charge < -0.3 is 10.2 Å². The molecule has 3 aromatic rings. The number of rotatable bonds is 5. The summed E-state index contributed by atoms with van der Waals surface area (Å²) in [6.45, 7) is 3.58. The van der Waals surface area contributed by atoms with Crippen LogP contribution in [0.1, 0.15) is 34.3 Å². The number of amides is 2. The number of aryl methyl sites for hydroxylation is 1. The number of nitrogens with zero attached hydrogens (tertiary/aromatic N) is 3. The van der Waals surface area contributed by atoms with Crippen molar-refractivity contribution in [2.24, 2.45) is 5.92 Å². The van der Waals surface area contributed by atoms with Crippen LogP contribution in [0.15, 0.2) is 67.0 Å². The molecule has 2 aromatic carbocycles. The lowest BCUT2D eigenvalue weighted by Gasteiger charge is -2.32. The summed E-state index contributed by atoms with van der Waals surface area (Å²) in [7, 11) is 0. The van der Waals surface area contributed by atoms with Gasteiger partial charge in [0.1, 0.15) is 0 Å². The number of aromatic nitrogens is 2. The number of nitrogens with one attached hydrogen (secondary N) is 1. The van der Waals surface area contributed by atoms with Crippen LogP contribution in [0.5, 0.6) is 0 Å². The molecule has 1 fully saturated rings. The second-order valence-electron chi connectivity index (χ2n) is 7.80. The number of benzene rings is 2. The second kappa shape index (κ2) is 8.95. The summed E-state index contributed by atoms with van der Waals surface area (Å²) in [5, 5.41) is 7.37. The number of likely N-dealkylation sites (tertiary alicyclic amines) is 1. The minimum atomic E-state index is -0.183. The van der Waals surface area contributed by atoms with Gasteiger partial charge >= 0.3 is 0 Å². The van der Waals surface area contributed by atoms with Crippen molar-refractivity contribution in [2.75, 3.05) is 13.1 Å². The van der Waals surface area contributed by atoms with Crippen LogP contribution in [0, 0.1) is 12.8 Å². The molecule has 1 aromatic heterocycles. The number of carbonyl (C=O) groups excluding carboxylic acids is 2. The van der Waals surface area contributed by atoms with Crippen LogP contribution in [0.25, 0.3) is 5.69 Å². The van der Waals surface area contributed by atoms with Crippen LogP contribution in [-0.4, -0.2) is 39.6 Å². The highest BCUT2D eigenvalue weighted by atomic mass is 16.2. The van der Waals surface area contributed by atoms with E-state index in [1.165, 1.54) is 0 Å². The largest absolute Gasteiger partial charge is 0.352 e. The van der Waals surface area contributed by atoms with Gasteiger partial charge in [-0.25, -0.2) is 4.68 Å². The fraction of sp³-hybridized carbons (Fsp3) is 0.292. The Balaban J connectivity index is 1.33. The molecule has 30 heavy (non-hydrogen) atoms. The molecule has 154 valence electrons. The standard InChI is InChI=1S/C24H26N4O2/c1-18-9-11-20(12-10-18)24(30)27-13-5-6-21(17-27)23(29)25-14-19-15-26-28(16-19)22-7-3-2-4-8-22/h2-4,7-12,15-16,21H,5-6,13-14,17H2,1H3,(H,25,29). The lowest BCUT2D eigenvalue weighted by atomic mass is 9.96. The molecule has 0 spiro atoms. The van der Waals surface area contributed by atoms with Crippen LogP contribution in [0.3, 0.4) is 0 Å². The van der Waals surface area contributed by atoms with Crippen LogP contribution in [-0.2, 0) is 11.3 Å². The van der Waals surface area contributed by atoms with E-state index in [0.29, 0.717) is 25.2 Å². The molecular weight excluding hydrogens is 376 g/mol. The highest BCUT2D eigenvalue weighted by Gasteiger charge is 2.28. The van der Waals surface area contributed by atoms with Gasteiger partial charge in [0.2, 0.25) is 5.91 Å². The lowest BCUT2D eigenvalue weighted by molar-refractivity contribution is -0.126. The zero-order valence-electron chi connectivity index (χ0n) is 17.1. The number of carbonyl (C=O) groups is 2. The van der Waals surface area contributed by atoms with Crippen molar-refractivity contribution >= 4 is 11.8 Å². The van der Waals surface area contributed by atoms with Crippen molar-refractivity contribution in [1.82, 2.24) is 20.0 Å². The maximum absolute atomic E-state index is 12.8. The molecule has 0 saturated carbocycles. The summed E-state index contributed by atoms with van der Waals surface area (Å²) in [6.07, 6.45) is 5.32. The molecule has 2 heterocycles. The average molecular weight is 402 g/mol. The molecule has 1 aliphatic rings. The van der Waals surface area contributed by atoms with Crippen molar-refractivity contribution in [3.05, 3.63) is 83.7 Å². The Bertz CT molecular complexity index is 1010. The highest BCUT2D eigenvalue weighted by molar-refractivity contribution is 5.94. The first-order valence-corrected chi connectivity index (χ1v) is 10.3. The summed E-state index contributed by atoms with van der Waals surface area (Å²) >= 11 is 0. The van der Waals surface area contributed by atoms with Crippen molar-refractivity contribution < 1.29 is 9.59 Å². The molecule has 1 saturated heterocycles.